The van der Waals surface area contributed by atoms with Crippen molar-refractivity contribution in [3.8, 4) is 0 Å². The number of nitrogens with zero attached hydrogens (tertiary/aromatic N) is 1. The van der Waals surface area contributed by atoms with Crippen molar-refractivity contribution in [3.63, 3.8) is 0 Å². The fourth-order valence-electron chi connectivity index (χ4n) is 3.22. The molecule has 0 aromatic carbocycles. The van der Waals surface area contributed by atoms with Gasteiger partial charge in [0.2, 0.25) is 0 Å². The van der Waals surface area contributed by atoms with Gasteiger partial charge in [-0.25, -0.2) is 4.79 Å². The summed E-state index contributed by atoms with van der Waals surface area (Å²) in [6.07, 6.45) is 5.91. The maximum atomic E-state index is 12.4. The predicted molar refractivity (Wildman–Crippen MR) is 77.5 cm³/mol. The van der Waals surface area contributed by atoms with Crippen molar-refractivity contribution in [2.45, 2.75) is 64.9 Å². The van der Waals surface area contributed by atoms with Crippen LogP contribution < -0.4 is 0 Å². The van der Waals surface area contributed by atoms with Gasteiger partial charge in [0.1, 0.15) is 11.4 Å². The van der Waals surface area contributed by atoms with Crippen molar-refractivity contribution >= 4 is 11.9 Å². The van der Waals surface area contributed by atoms with Crippen LogP contribution in [-0.4, -0.2) is 35.5 Å². The van der Waals surface area contributed by atoms with Gasteiger partial charge in [0, 0.05) is 24.9 Å². The molecule has 0 aromatic rings. The second-order valence-corrected chi connectivity index (χ2v) is 7.13. The Kier molecular flexibility index (Phi) is 4.71. The Labute approximate surface area is 121 Å². The Hall–Kier alpha value is -1.06. The summed E-state index contributed by atoms with van der Waals surface area (Å²) in [6.45, 7) is 6.93. The number of ether oxygens (including phenoxy) is 1. The van der Waals surface area contributed by atoms with Gasteiger partial charge < -0.3 is 9.64 Å². The molecule has 0 spiro atoms. The van der Waals surface area contributed by atoms with Gasteiger partial charge in [-0.05, 0) is 46.5 Å². The summed E-state index contributed by atoms with van der Waals surface area (Å²) >= 11 is 0. The van der Waals surface area contributed by atoms with Crippen LogP contribution in [0.1, 0.15) is 59.3 Å². The van der Waals surface area contributed by atoms with Crippen molar-refractivity contribution in [1.29, 1.82) is 0 Å². The van der Waals surface area contributed by atoms with Crippen LogP contribution in [0.25, 0.3) is 0 Å². The van der Waals surface area contributed by atoms with E-state index < -0.39 is 5.60 Å². The van der Waals surface area contributed by atoms with Crippen LogP contribution in [0.15, 0.2) is 0 Å². The number of likely N-dealkylation sites (tertiary alicyclic amines) is 1. The zero-order valence-electron chi connectivity index (χ0n) is 13.0. The number of piperidine rings is 1. The summed E-state index contributed by atoms with van der Waals surface area (Å²) in [5.74, 6) is 0.913. The van der Waals surface area contributed by atoms with Crippen LogP contribution in [-0.2, 0) is 9.53 Å². The number of carbonyl (C=O) groups excluding carboxylic acids is 2. The van der Waals surface area contributed by atoms with Gasteiger partial charge >= 0.3 is 6.09 Å². The zero-order valence-corrected chi connectivity index (χ0v) is 13.0. The van der Waals surface area contributed by atoms with Crippen LogP contribution in [0.2, 0.25) is 0 Å². The molecule has 0 aromatic heterocycles. The normalized spacial score (nSPS) is 22.1. The predicted octanol–water partition coefficient (Wildman–Crippen LogP) is 3.39. The number of Topliss-reactive ketones (excluding diaryl/α,β-unsaturated/α-hetero) is 1. The fraction of sp³-hybridized carbons (Fsp3) is 0.875. The molecule has 1 amide bonds. The Morgan fingerprint density at radius 2 is 1.45 bits per heavy atom. The Morgan fingerprint density at radius 3 is 1.95 bits per heavy atom. The van der Waals surface area contributed by atoms with E-state index in [2.05, 4.69) is 0 Å². The molecule has 0 radical (unpaired) electrons. The number of amides is 1. The smallest absolute Gasteiger partial charge is 0.410 e. The second-order valence-electron chi connectivity index (χ2n) is 7.13. The highest BCUT2D eigenvalue weighted by atomic mass is 16.6. The summed E-state index contributed by atoms with van der Waals surface area (Å²) in [6, 6.07) is 0. The van der Waals surface area contributed by atoms with Crippen molar-refractivity contribution in [2.75, 3.05) is 13.1 Å². The minimum atomic E-state index is -0.451. The van der Waals surface area contributed by atoms with Crippen LogP contribution in [0.3, 0.4) is 0 Å². The second kappa shape index (κ2) is 6.15. The molecule has 0 unspecified atom stereocenters. The number of hydrogen-bond donors (Lipinski definition) is 0. The first-order valence-electron chi connectivity index (χ1n) is 7.88. The van der Waals surface area contributed by atoms with Gasteiger partial charge in [0.15, 0.2) is 0 Å². The number of carbonyl (C=O) groups is 2. The monoisotopic (exact) mass is 281 g/mol. The molecule has 2 fully saturated rings. The van der Waals surface area contributed by atoms with Gasteiger partial charge in [-0.1, -0.05) is 12.8 Å². The van der Waals surface area contributed by atoms with E-state index in [4.69, 9.17) is 4.74 Å². The summed E-state index contributed by atoms with van der Waals surface area (Å²) in [7, 11) is 0. The molecule has 0 bridgehead atoms. The average Bonchev–Trinajstić information content (AvgIpc) is 2.90. The third-order valence-electron chi connectivity index (χ3n) is 4.31. The molecule has 20 heavy (non-hydrogen) atoms. The SMILES string of the molecule is CC(C)(C)OC(=O)N1CCC(C(=O)C2CCCC2)CC1. The lowest BCUT2D eigenvalue weighted by atomic mass is 9.85. The molecule has 1 aliphatic heterocycles. The van der Waals surface area contributed by atoms with E-state index in [0.717, 1.165) is 25.7 Å². The standard InChI is InChI=1S/C16H27NO3/c1-16(2,3)20-15(19)17-10-8-13(9-11-17)14(18)12-6-4-5-7-12/h12-13H,4-11H2,1-3H3. The van der Waals surface area contributed by atoms with Crippen molar-refractivity contribution in [2.24, 2.45) is 11.8 Å². The van der Waals surface area contributed by atoms with E-state index >= 15 is 0 Å². The average molecular weight is 281 g/mol. The maximum absolute atomic E-state index is 12.4. The molecule has 114 valence electrons. The molecule has 1 aliphatic carbocycles. The minimum Gasteiger partial charge on any atom is -0.444 e. The largest absolute Gasteiger partial charge is 0.444 e. The van der Waals surface area contributed by atoms with E-state index in [1.807, 2.05) is 20.8 Å². The molecule has 1 heterocycles. The molecule has 1 saturated heterocycles. The Bertz CT molecular complexity index is 358. The number of ketones is 1. The third kappa shape index (κ3) is 3.97. The lowest BCUT2D eigenvalue weighted by Crippen LogP contribution is -2.43. The van der Waals surface area contributed by atoms with Crippen LogP contribution >= 0.6 is 0 Å². The van der Waals surface area contributed by atoms with E-state index in [1.165, 1.54) is 12.8 Å². The van der Waals surface area contributed by atoms with Crippen molar-refractivity contribution in [1.82, 2.24) is 4.90 Å². The van der Waals surface area contributed by atoms with E-state index in [-0.39, 0.29) is 12.0 Å². The first kappa shape index (κ1) is 15.3. The molecule has 2 aliphatic rings. The van der Waals surface area contributed by atoms with Crippen LogP contribution in [0.5, 0.6) is 0 Å². The van der Waals surface area contributed by atoms with Gasteiger partial charge in [-0.15, -0.1) is 0 Å². The zero-order chi connectivity index (χ0) is 14.8. The van der Waals surface area contributed by atoms with Crippen molar-refractivity contribution < 1.29 is 14.3 Å². The molecule has 1 saturated carbocycles. The molecule has 2 rings (SSSR count). The summed E-state index contributed by atoms with van der Waals surface area (Å²) < 4.78 is 5.37. The summed E-state index contributed by atoms with van der Waals surface area (Å²) in [5.41, 5.74) is -0.451. The van der Waals surface area contributed by atoms with Gasteiger partial charge in [-0.2, -0.15) is 0 Å². The molecular weight excluding hydrogens is 254 g/mol. The van der Waals surface area contributed by atoms with Crippen molar-refractivity contribution in [3.05, 3.63) is 0 Å². The van der Waals surface area contributed by atoms with Crippen LogP contribution in [0, 0.1) is 11.8 Å². The molecule has 4 heteroatoms. The highest BCUT2D eigenvalue weighted by molar-refractivity contribution is 5.84. The van der Waals surface area contributed by atoms with E-state index in [0.29, 0.717) is 24.8 Å². The minimum absolute atomic E-state index is 0.164. The lowest BCUT2D eigenvalue weighted by Gasteiger charge is -2.33. The van der Waals surface area contributed by atoms with Gasteiger partial charge in [0.25, 0.3) is 0 Å². The molecular formula is C16H27NO3. The summed E-state index contributed by atoms with van der Waals surface area (Å²) in [5, 5.41) is 0. The summed E-state index contributed by atoms with van der Waals surface area (Å²) in [4.78, 5) is 26.1. The van der Waals surface area contributed by atoms with Gasteiger partial charge in [-0.3, -0.25) is 4.79 Å². The first-order chi connectivity index (χ1) is 9.37. The first-order valence-corrected chi connectivity index (χ1v) is 7.88. The highest BCUT2D eigenvalue weighted by Crippen LogP contribution is 2.31. The lowest BCUT2D eigenvalue weighted by molar-refractivity contribution is -0.128. The molecule has 4 nitrogen and oxygen atoms in total. The third-order valence-corrected chi connectivity index (χ3v) is 4.31. The maximum Gasteiger partial charge on any atom is 0.410 e. The van der Waals surface area contributed by atoms with Gasteiger partial charge in [0.05, 0.1) is 0 Å². The quantitative estimate of drug-likeness (QED) is 0.779. The Morgan fingerprint density at radius 1 is 0.950 bits per heavy atom. The van der Waals surface area contributed by atoms with Crippen LogP contribution in [0.4, 0.5) is 4.79 Å². The number of rotatable bonds is 2. The molecule has 0 atom stereocenters. The number of hydrogen-bond acceptors (Lipinski definition) is 3. The highest BCUT2D eigenvalue weighted by Gasteiger charge is 2.33. The van der Waals surface area contributed by atoms with E-state index in [9.17, 15) is 9.59 Å². The topological polar surface area (TPSA) is 46.6 Å². The fourth-order valence-corrected chi connectivity index (χ4v) is 3.22. The molecule has 0 N–H and O–H groups in total. The van der Waals surface area contributed by atoms with E-state index in [1.54, 1.807) is 4.90 Å². The Balaban J connectivity index is 1.80.